The zero-order valence-corrected chi connectivity index (χ0v) is 33.2. The molecule has 0 saturated heterocycles. The molecule has 0 aliphatic heterocycles. The maximum Gasteiger partial charge on any atom is -1.00 e. The Morgan fingerprint density at radius 2 is 0.795 bits per heavy atom. The van der Waals surface area contributed by atoms with Gasteiger partial charge in [-0.1, -0.05) is 0 Å². The largest absolute Gasteiger partial charge is 1.00 e. The molecule has 4 rings (SSSR count). The van der Waals surface area contributed by atoms with Crippen LogP contribution in [0.3, 0.4) is 0 Å². The molecule has 8 heteroatoms. The second-order valence-corrected chi connectivity index (χ2v) is 16.7. The molecule has 1 atom stereocenters. The van der Waals surface area contributed by atoms with Gasteiger partial charge in [0, 0.05) is 0 Å². The Kier molecular flexibility index (Phi) is 13.6. The second-order valence-electron chi connectivity index (χ2n) is 11.8. The number of allylic oxidation sites excluding steroid dienone is 4. The van der Waals surface area contributed by atoms with Crippen LogP contribution in [0.1, 0.15) is 61.1 Å². The van der Waals surface area contributed by atoms with E-state index in [1.165, 1.54) is 69.5 Å². The maximum absolute atomic E-state index is 5.84. The smallest absolute Gasteiger partial charge is 1.00 e. The van der Waals surface area contributed by atoms with Crippen LogP contribution in [0.5, 0.6) is 17.2 Å². The summed E-state index contributed by atoms with van der Waals surface area (Å²) in [6, 6.07) is 13.7. The minimum Gasteiger partial charge on any atom is -1.00 e. The third kappa shape index (κ3) is 5.52. The van der Waals surface area contributed by atoms with E-state index in [1.54, 1.807) is 21.3 Å². The van der Waals surface area contributed by atoms with E-state index in [0.29, 0.717) is 0 Å². The summed E-state index contributed by atoms with van der Waals surface area (Å²) in [7, 11) is 2.36. The number of methoxy groups -OCH3 is 3. The molecule has 0 bridgehead atoms. The molecule has 0 radical (unpaired) electrons. The summed E-state index contributed by atoms with van der Waals surface area (Å²) in [6.45, 7) is 23.0. The molecule has 0 spiro atoms. The van der Waals surface area contributed by atoms with Crippen molar-refractivity contribution >= 4 is 23.6 Å². The number of ether oxygens (including phenoxy) is 3. The number of halogens is 3. The number of benzene rings is 3. The van der Waals surface area contributed by atoms with Crippen LogP contribution in [0, 0.1) is 41.5 Å². The monoisotopic (exact) mass is 706 g/mol. The van der Waals surface area contributed by atoms with Crippen molar-refractivity contribution in [2.24, 2.45) is 0 Å². The van der Waals surface area contributed by atoms with Crippen molar-refractivity contribution in [3.8, 4) is 17.2 Å². The minimum absolute atomic E-state index is 0. The molecule has 1 unspecified atom stereocenters. The maximum atomic E-state index is 5.84. The van der Waals surface area contributed by atoms with Crippen LogP contribution in [0.4, 0.5) is 0 Å². The molecule has 3 nitrogen and oxygen atoms in total. The van der Waals surface area contributed by atoms with Crippen molar-refractivity contribution in [3.05, 3.63) is 90.4 Å². The molecule has 0 saturated carbocycles. The Hall–Kier alpha value is -1.66. The summed E-state index contributed by atoms with van der Waals surface area (Å²) in [6.07, 6.45) is 0. The molecular formula is C36H45Cl3O3SiTi. The van der Waals surface area contributed by atoms with Crippen molar-refractivity contribution in [2.75, 3.05) is 21.3 Å². The van der Waals surface area contributed by atoms with Crippen molar-refractivity contribution in [2.45, 2.75) is 74.3 Å². The van der Waals surface area contributed by atoms with E-state index in [0.717, 1.165) is 17.2 Å². The molecule has 1 aliphatic rings. The van der Waals surface area contributed by atoms with Gasteiger partial charge in [-0.05, 0) is 0 Å². The second kappa shape index (κ2) is 14.8. The van der Waals surface area contributed by atoms with Crippen molar-refractivity contribution in [1.82, 2.24) is 0 Å². The Balaban J connectivity index is 0.00000323. The van der Waals surface area contributed by atoms with E-state index < -0.39 is 8.07 Å². The average molecular weight is 708 g/mol. The molecule has 3 aromatic rings. The molecule has 0 fully saturated rings. The first-order valence-electron chi connectivity index (χ1n) is 14.3. The fraction of sp³-hybridized carbons (Fsp3) is 0.389. The third-order valence-corrected chi connectivity index (χ3v) is 18.5. The fourth-order valence-corrected chi connectivity index (χ4v) is 15.9. The molecule has 236 valence electrons. The van der Waals surface area contributed by atoms with Crippen LogP contribution in [0.2, 0.25) is 5.04 Å². The molecular weight excluding hydrogens is 663 g/mol. The SMILES string of the molecule is COc1ccc([Si](c2ccc(OC)c(C)c2C)(c2ccc(OC)c(C)c2C)C2(C)C(C)=C(C)C(C)=[C]2[Ti+3])c(C)c1C.[Cl-].[Cl-].[Cl-]. The Bertz CT molecular complexity index is 1460. The van der Waals surface area contributed by atoms with Gasteiger partial charge in [0.05, 0.1) is 0 Å². The first-order chi connectivity index (χ1) is 19.3. The van der Waals surface area contributed by atoms with Crippen LogP contribution in [-0.2, 0) is 20.4 Å². The van der Waals surface area contributed by atoms with Crippen molar-refractivity contribution < 1.29 is 71.9 Å². The predicted molar refractivity (Wildman–Crippen MR) is 172 cm³/mol. The normalized spacial score (nSPS) is 16.2. The van der Waals surface area contributed by atoms with Gasteiger partial charge in [-0.15, -0.1) is 0 Å². The van der Waals surface area contributed by atoms with Crippen LogP contribution >= 0.6 is 0 Å². The topological polar surface area (TPSA) is 27.7 Å². The third-order valence-electron chi connectivity index (χ3n) is 10.6. The van der Waals surface area contributed by atoms with Gasteiger partial charge in [-0.25, -0.2) is 0 Å². The van der Waals surface area contributed by atoms with Gasteiger partial charge in [0.15, 0.2) is 0 Å². The van der Waals surface area contributed by atoms with E-state index in [2.05, 4.69) is 126 Å². The first-order valence-corrected chi connectivity index (χ1v) is 17.1. The van der Waals surface area contributed by atoms with Crippen LogP contribution in [0.15, 0.2) is 57.0 Å². The zero-order valence-electron chi connectivity index (χ0n) is 28.3. The van der Waals surface area contributed by atoms with Crippen LogP contribution in [-0.4, -0.2) is 29.4 Å². The van der Waals surface area contributed by atoms with E-state index in [1.807, 2.05) is 0 Å². The van der Waals surface area contributed by atoms with Gasteiger partial charge in [0.1, 0.15) is 0 Å². The van der Waals surface area contributed by atoms with Gasteiger partial charge in [0.25, 0.3) is 0 Å². The van der Waals surface area contributed by atoms with Gasteiger partial charge in [-0.3, -0.25) is 0 Å². The standard InChI is InChI=1S/C36H45O3Si.3ClH.Ti/c1-21-20-36(10,29(9)22(21)2)40(33-17-14-30(37-11)23(3)26(33)6,34-18-15-31(38-12)24(4)27(34)7)35-19-16-32(39-13)25(5)28(35)8;;;;/h14-19H,1-13H3;3*1H;/q;;;;+3/p-3. The van der Waals surface area contributed by atoms with Crippen molar-refractivity contribution in [3.63, 3.8) is 0 Å². The summed E-state index contributed by atoms with van der Waals surface area (Å²) in [5, 5.41) is 4.07. The van der Waals surface area contributed by atoms with Gasteiger partial charge in [-0.2, -0.15) is 0 Å². The van der Waals surface area contributed by atoms with Crippen LogP contribution in [0.25, 0.3) is 0 Å². The molecule has 3 aromatic carbocycles. The Labute approximate surface area is 296 Å². The Morgan fingerprint density at radius 3 is 1.02 bits per heavy atom. The first kappa shape index (κ1) is 40.4. The van der Waals surface area contributed by atoms with E-state index in [4.69, 9.17) is 14.2 Å². The summed E-state index contributed by atoms with van der Waals surface area (Å²) in [5.41, 5.74) is 11.8. The molecule has 0 heterocycles. The molecule has 0 aromatic heterocycles. The Morgan fingerprint density at radius 1 is 0.500 bits per heavy atom. The summed E-state index contributed by atoms with van der Waals surface area (Å²) in [5.74, 6) is 2.80. The number of rotatable bonds is 7. The predicted octanol–water partition coefficient (Wildman–Crippen LogP) is -2.02. The molecule has 44 heavy (non-hydrogen) atoms. The van der Waals surface area contributed by atoms with E-state index in [9.17, 15) is 0 Å². The quantitative estimate of drug-likeness (QED) is 0.210. The number of hydrogen-bond acceptors (Lipinski definition) is 3. The summed E-state index contributed by atoms with van der Waals surface area (Å²) in [4.78, 5) is 0. The van der Waals surface area contributed by atoms with E-state index >= 15 is 0 Å². The van der Waals surface area contributed by atoms with Gasteiger partial charge in [0.2, 0.25) is 0 Å². The summed E-state index contributed by atoms with van der Waals surface area (Å²) < 4.78 is 19.0. The molecule has 1 aliphatic carbocycles. The van der Waals surface area contributed by atoms with Gasteiger partial charge < -0.3 is 37.2 Å². The zero-order chi connectivity index (χ0) is 30.6. The summed E-state index contributed by atoms with van der Waals surface area (Å²) >= 11 is 2.38. The number of hydrogen-bond donors (Lipinski definition) is 0. The average Bonchev–Trinajstić information content (AvgIpc) is 3.11. The van der Waals surface area contributed by atoms with E-state index in [-0.39, 0.29) is 42.3 Å². The van der Waals surface area contributed by atoms with Crippen LogP contribution < -0.4 is 67.0 Å². The molecule has 0 N–H and O–H groups in total. The minimum atomic E-state index is -2.94. The van der Waals surface area contributed by atoms with Crippen molar-refractivity contribution in [1.29, 1.82) is 0 Å². The fourth-order valence-electron chi connectivity index (χ4n) is 7.39. The molecule has 0 amide bonds. The van der Waals surface area contributed by atoms with Gasteiger partial charge >= 0.3 is 262 Å².